The smallest absolute Gasteiger partial charge is 0.271 e. The third-order valence-electron chi connectivity index (χ3n) is 5.98. The van der Waals surface area contributed by atoms with E-state index in [9.17, 15) is 9.18 Å². The summed E-state index contributed by atoms with van der Waals surface area (Å²) in [7, 11) is 3.93. The number of benzene rings is 1. The van der Waals surface area contributed by atoms with Crippen molar-refractivity contribution in [1.82, 2.24) is 14.5 Å². The summed E-state index contributed by atoms with van der Waals surface area (Å²) in [5.74, 6) is -0.273. The molecule has 1 fully saturated rings. The number of hydrogen-bond donors (Lipinski definition) is 0. The van der Waals surface area contributed by atoms with Crippen molar-refractivity contribution >= 4 is 37.5 Å². The Hall–Kier alpha value is -2.80. The van der Waals surface area contributed by atoms with Gasteiger partial charge in [-0.2, -0.15) is 0 Å². The lowest BCUT2D eigenvalue weighted by Crippen LogP contribution is -2.26. The normalized spacial score (nSPS) is 15.2. The molecule has 154 valence electrons. The van der Waals surface area contributed by atoms with E-state index in [-0.39, 0.29) is 17.4 Å². The van der Waals surface area contributed by atoms with Crippen molar-refractivity contribution in [2.24, 2.45) is 0 Å². The molecular formula is C23H23FN4OS. The van der Waals surface area contributed by atoms with Crippen molar-refractivity contribution < 1.29 is 4.39 Å². The molecular weight excluding hydrogens is 399 g/mol. The Labute approximate surface area is 177 Å². The van der Waals surface area contributed by atoms with Gasteiger partial charge in [-0.05, 0) is 30.5 Å². The number of anilines is 1. The van der Waals surface area contributed by atoms with Gasteiger partial charge in [0.2, 0.25) is 0 Å². The fraction of sp³-hybridized carbons (Fsp3) is 0.348. The first-order chi connectivity index (χ1) is 14.5. The number of aromatic nitrogens is 3. The minimum Gasteiger partial charge on any atom is -0.376 e. The molecule has 1 saturated carbocycles. The molecule has 3 heterocycles. The second-order valence-corrected chi connectivity index (χ2v) is 9.13. The molecule has 5 nitrogen and oxygen atoms in total. The fourth-order valence-electron chi connectivity index (χ4n) is 4.52. The molecule has 5 rings (SSSR count). The van der Waals surface area contributed by atoms with E-state index in [1.54, 1.807) is 24.7 Å². The van der Waals surface area contributed by atoms with Crippen molar-refractivity contribution in [2.75, 3.05) is 19.0 Å². The second-order valence-electron chi connectivity index (χ2n) is 8.13. The van der Waals surface area contributed by atoms with Gasteiger partial charge < -0.3 is 4.90 Å². The Kier molecular flexibility index (Phi) is 4.77. The molecule has 7 heteroatoms. The van der Waals surface area contributed by atoms with E-state index in [2.05, 4.69) is 4.98 Å². The number of nitrogens with zero attached hydrogens (tertiary/aromatic N) is 4. The molecule has 1 aliphatic carbocycles. The van der Waals surface area contributed by atoms with Gasteiger partial charge in [0.25, 0.3) is 5.56 Å². The van der Waals surface area contributed by atoms with Gasteiger partial charge in [0.05, 0.1) is 22.9 Å². The molecule has 0 spiro atoms. The molecule has 1 aromatic carbocycles. The van der Waals surface area contributed by atoms with E-state index in [1.165, 1.54) is 29.9 Å². The average Bonchev–Trinajstić information content (AvgIpc) is 3.14. The fourth-order valence-corrected chi connectivity index (χ4v) is 5.55. The third kappa shape index (κ3) is 3.08. The third-order valence-corrected chi connectivity index (χ3v) is 7.05. The molecule has 1 aliphatic rings. The molecule has 4 aromatic rings. The van der Waals surface area contributed by atoms with Crippen LogP contribution in [0, 0.1) is 5.82 Å². The summed E-state index contributed by atoms with van der Waals surface area (Å²) in [5.41, 5.74) is 3.45. The highest BCUT2D eigenvalue weighted by Gasteiger charge is 2.23. The Bertz CT molecular complexity index is 1290. The van der Waals surface area contributed by atoms with Gasteiger partial charge in [0.15, 0.2) is 0 Å². The largest absolute Gasteiger partial charge is 0.376 e. The molecule has 0 radical (unpaired) electrons. The maximum atomic E-state index is 13.4. The van der Waals surface area contributed by atoms with E-state index in [0.717, 1.165) is 52.7 Å². The topological polar surface area (TPSA) is 51.0 Å². The van der Waals surface area contributed by atoms with Crippen LogP contribution in [0.5, 0.6) is 0 Å². The van der Waals surface area contributed by atoms with Gasteiger partial charge in [0.1, 0.15) is 15.3 Å². The number of thiophene rings is 1. The van der Waals surface area contributed by atoms with Crippen LogP contribution in [-0.4, -0.2) is 28.6 Å². The van der Waals surface area contributed by atoms with Crippen molar-refractivity contribution in [3.8, 4) is 11.1 Å². The first-order valence-electron chi connectivity index (χ1n) is 10.3. The van der Waals surface area contributed by atoms with E-state index in [4.69, 9.17) is 4.98 Å². The van der Waals surface area contributed by atoms with E-state index >= 15 is 0 Å². The highest BCUT2D eigenvalue weighted by atomic mass is 32.1. The lowest BCUT2D eigenvalue weighted by atomic mass is 9.95. The summed E-state index contributed by atoms with van der Waals surface area (Å²) in [5, 5.41) is 0.884. The Balaban J connectivity index is 1.76. The van der Waals surface area contributed by atoms with Crippen LogP contribution in [0.3, 0.4) is 0 Å². The van der Waals surface area contributed by atoms with Crippen LogP contribution >= 0.6 is 11.3 Å². The lowest BCUT2D eigenvalue weighted by molar-refractivity contribution is 0.345. The monoisotopic (exact) mass is 422 g/mol. The van der Waals surface area contributed by atoms with Crippen molar-refractivity contribution in [3.05, 3.63) is 53.0 Å². The van der Waals surface area contributed by atoms with Gasteiger partial charge in [-0.3, -0.25) is 9.36 Å². The van der Waals surface area contributed by atoms with Crippen molar-refractivity contribution in [3.63, 3.8) is 0 Å². The Morgan fingerprint density at radius 2 is 1.83 bits per heavy atom. The van der Waals surface area contributed by atoms with Crippen LogP contribution in [0.4, 0.5) is 10.1 Å². The molecule has 0 amide bonds. The van der Waals surface area contributed by atoms with Crippen LogP contribution in [0.2, 0.25) is 0 Å². The predicted octanol–water partition coefficient (Wildman–Crippen LogP) is 5.38. The lowest BCUT2D eigenvalue weighted by Gasteiger charge is -2.23. The SMILES string of the molecule is CN(C)c1c(-c2ccc(F)cc2)cnc2sc3c(=O)n(C4CCCCC4)cnc3c12. The highest BCUT2D eigenvalue weighted by Crippen LogP contribution is 2.41. The molecule has 0 unspecified atom stereocenters. The van der Waals surface area contributed by atoms with Crippen LogP contribution in [0.1, 0.15) is 38.1 Å². The minimum absolute atomic E-state index is 0.0305. The van der Waals surface area contributed by atoms with Gasteiger partial charge >= 0.3 is 0 Å². The van der Waals surface area contributed by atoms with Gasteiger partial charge in [-0.1, -0.05) is 31.4 Å². The van der Waals surface area contributed by atoms with Gasteiger partial charge in [0, 0.05) is 31.9 Å². The first-order valence-corrected chi connectivity index (χ1v) is 11.1. The van der Waals surface area contributed by atoms with Crippen LogP contribution < -0.4 is 10.5 Å². The maximum Gasteiger partial charge on any atom is 0.271 e. The molecule has 0 aliphatic heterocycles. The van der Waals surface area contributed by atoms with E-state index < -0.39 is 0 Å². The Morgan fingerprint density at radius 1 is 1.10 bits per heavy atom. The molecule has 0 bridgehead atoms. The van der Waals surface area contributed by atoms with Crippen LogP contribution in [-0.2, 0) is 0 Å². The number of fused-ring (bicyclic) bond motifs is 3. The van der Waals surface area contributed by atoms with E-state index in [0.29, 0.717) is 10.2 Å². The highest BCUT2D eigenvalue weighted by molar-refractivity contribution is 7.25. The maximum absolute atomic E-state index is 13.4. The average molecular weight is 423 g/mol. The summed E-state index contributed by atoms with van der Waals surface area (Å²) in [4.78, 5) is 25.5. The second kappa shape index (κ2) is 7.47. The van der Waals surface area contributed by atoms with Gasteiger partial charge in [-0.25, -0.2) is 14.4 Å². The molecule has 0 N–H and O–H groups in total. The minimum atomic E-state index is -0.273. The number of pyridine rings is 1. The molecule has 30 heavy (non-hydrogen) atoms. The molecule has 0 atom stereocenters. The van der Waals surface area contributed by atoms with Gasteiger partial charge in [-0.15, -0.1) is 11.3 Å². The number of rotatable bonds is 3. The zero-order chi connectivity index (χ0) is 20.8. The predicted molar refractivity (Wildman–Crippen MR) is 121 cm³/mol. The Morgan fingerprint density at radius 3 is 2.53 bits per heavy atom. The quantitative estimate of drug-likeness (QED) is 0.445. The summed E-state index contributed by atoms with van der Waals surface area (Å²) in [6.07, 6.45) is 9.16. The standard InChI is InChI=1S/C23H23FN4OS/c1-27(2)20-17(14-8-10-15(24)11-9-14)12-25-22-18(20)19-21(30-22)23(29)28(13-26-19)16-6-4-3-5-7-16/h8-13,16H,3-7H2,1-2H3. The van der Waals surface area contributed by atoms with Crippen molar-refractivity contribution in [2.45, 2.75) is 38.1 Å². The van der Waals surface area contributed by atoms with Crippen molar-refractivity contribution in [1.29, 1.82) is 0 Å². The first kappa shape index (κ1) is 19.2. The molecule has 3 aromatic heterocycles. The van der Waals surface area contributed by atoms with Crippen LogP contribution in [0.15, 0.2) is 41.6 Å². The molecule has 0 saturated heterocycles. The summed E-state index contributed by atoms with van der Waals surface area (Å²) in [6, 6.07) is 6.65. The van der Waals surface area contributed by atoms with Crippen LogP contribution in [0.25, 0.3) is 31.6 Å². The summed E-state index contributed by atoms with van der Waals surface area (Å²) >= 11 is 1.41. The number of hydrogen-bond acceptors (Lipinski definition) is 5. The zero-order valence-electron chi connectivity index (χ0n) is 17.1. The van der Waals surface area contributed by atoms with E-state index in [1.807, 2.05) is 23.6 Å². The number of halogens is 1. The summed E-state index contributed by atoms with van der Waals surface area (Å²) in [6.45, 7) is 0. The zero-order valence-corrected chi connectivity index (χ0v) is 17.9. The summed E-state index contributed by atoms with van der Waals surface area (Å²) < 4.78 is 15.9.